The van der Waals surface area contributed by atoms with E-state index < -0.39 is 0 Å². The Balaban J connectivity index is 2.08. The summed E-state index contributed by atoms with van der Waals surface area (Å²) in [6.45, 7) is 2.04. The summed E-state index contributed by atoms with van der Waals surface area (Å²) in [5, 5.41) is 12.3. The number of phenols is 1. The van der Waals surface area contributed by atoms with Crippen LogP contribution in [0.4, 0.5) is 10.5 Å². The molecule has 3 nitrogen and oxygen atoms in total. The zero-order valence-corrected chi connectivity index (χ0v) is 11.4. The average Bonchev–Trinajstić information content (AvgIpc) is 2.42. The summed E-state index contributed by atoms with van der Waals surface area (Å²) in [6, 6.07) is 14.5. The van der Waals surface area contributed by atoms with Crippen molar-refractivity contribution >= 4 is 22.7 Å². The van der Waals surface area contributed by atoms with Gasteiger partial charge in [0.2, 0.25) is 0 Å². The summed E-state index contributed by atoms with van der Waals surface area (Å²) >= 11 is 0.984. The molecular weight excluding hydrogens is 258 g/mol. The van der Waals surface area contributed by atoms with Gasteiger partial charge in [0.1, 0.15) is 5.75 Å². The van der Waals surface area contributed by atoms with Gasteiger partial charge < -0.3 is 10.4 Å². The average molecular weight is 273 g/mol. The lowest BCUT2D eigenvalue weighted by Gasteiger charge is -2.09. The predicted octanol–water partition coefficient (Wildman–Crippen LogP) is 4.28. The molecule has 0 atom stereocenters. The molecule has 0 aliphatic carbocycles. The summed E-state index contributed by atoms with van der Waals surface area (Å²) < 4.78 is 0. The smallest absolute Gasteiger partial charge is 0.288 e. The van der Waals surface area contributed by atoms with E-state index in [4.69, 9.17) is 0 Å². The third kappa shape index (κ3) is 3.51. The van der Waals surface area contributed by atoms with E-state index in [0.29, 0.717) is 4.90 Å². The van der Waals surface area contributed by atoms with Crippen LogP contribution in [0.5, 0.6) is 5.75 Å². The number of rotatable bonds is 3. The first-order valence-electron chi connectivity index (χ1n) is 6.05. The van der Waals surface area contributed by atoms with Crippen molar-refractivity contribution in [3.05, 3.63) is 54.1 Å². The summed E-state index contributed by atoms with van der Waals surface area (Å²) in [6.07, 6.45) is 0.859. The minimum absolute atomic E-state index is 0.117. The van der Waals surface area contributed by atoms with Crippen molar-refractivity contribution in [1.29, 1.82) is 0 Å². The second-order valence-electron chi connectivity index (χ2n) is 3.99. The van der Waals surface area contributed by atoms with Gasteiger partial charge in [-0.25, -0.2) is 0 Å². The lowest BCUT2D eigenvalue weighted by Crippen LogP contribution is -2.06. The number of para-hydroxylation sites is 2. The lowest BCUT2D eigenvalue weighted by molar-refractivity contribution is 0.269. The molecule has 2 N–H and O–H groups in total. The third-order valence-electron chi connectivity index (χ3n) is 2.70. The number of carbonyl (C=O) groups is 1. The van der Waals surface area contributed by atoms with Crippen LogP contribution in [0.3, 0.4) is 0 Å². The highest BCUT2D eigenvalue weighted by Gasteiger charge is 2.09. The third-order valence-corrected chi connectivity index (χ3v) is 3.56. The number of aryl methyl sites for hydroxylation is 1. The zero-order chi connectivity index (χ0) is 13.7. The molecule has 0 aromatic heterocycles. The summed E-state index contributed by atoms with van der Waals surface area (Å²) in [5.74, 6) is 0.117. The van der Waals surface area contributed by atoms with Crippen LogP contribution in [-0.2, 0) is 6.42 Å². The maximum atomic E-state index is 11.9. The molecule has 1 amide bonds. The van der Waals surface area contributed by atoms with E-state index in [2.05, 4.69) is 5.32 Å². The molecule has 2 rings (SSSR count). The molecular formula is C15H15NO2S. The van der Waals surface area contributed by atoms with E-state index in [9.17, 15) is 9.90 Å². The number of aromatic hydroxyl groups is 1. The minimum Gasteiger partial charge on any atom is -0.507 e. The topological polar surface area (TPSA) is 49.3 Å². The second kappa shape index (κ2) is 6.29. The van der Waals surface area contributed by atoms with E-state index in [1.54, 1.807) is 24.3 Å². The van der Waals surface area contributed by atoms with Gasteiger partial charge in [-0.05, 0) is 41.9 Å². The minimum atomic E-state index is -0.206. The fraction of sp³-hybridized carbons (Fsp3) is 0.133. The number of thioether (sulfide) groups is 1. The highest BCUT2D eigenvalue weighted by Crippen LogP contribution is 2.29. The molecule has 0 spiro atoms. The first kappa shape index (κ1) is 13.5. The highest BCUT2D eigenvalue weighted by atomic mass is 32.2. The number of nitrogens with one attached hydrogen (secondary N) is 1. The largest absolute Gasteiger partial charge is 0.507 e. The Labute approximate surface area is 116 Å². The van der Waals surface area contributed by atoms with E-state index in [0.717, 1.165) is 29.4 Å². The SMILES string of the molecule is CCc1ccccc1NC(=O)Sc1ccccc1O. The number of anilines is 1. The Morgan fingerprint density at radius 3 is 2.58 bits per heavy atom. The van der Waals surface area contributed by atoms with Gasteiger partial charge in [0.25, 0.3) is 5.24 Å². The predicted molar refractivity (Wildman–Crippen MR) is 78.8 cm³/mol. The molecule has 0 bridgehead atoms. The Bertz CT molecular complexity index is 584. The molecule has 2 aromatic carbocycles. The number of hydrogen-bond donors (Lipinski definition) is 2. The molecule has 0 aliphatic heterocycles. The summed E-state index contributed by atoms with van der Waals surface area (Å²) in [4.78, 5) is 12.5. The molecule has 0 saturated carbocycles. The number of phenolic OH excluding ortho intramolecular Hbond substituents is 1. The molecule has 0 fully saturated rings. The van der Waals surface area contributed by atoms with Crippen molar-refractivity contribution in [2.75, 3.05) is 5.32 Å². The van der Waals surface area contributed by atoms with E-state index in [1.165, 1.54) is 0 Å². The van der Waals surface area contributed by atoms with Crippen LogP contribution in [-0.4, -0.2) is 10.3 Å². The van der Waals surface area contributed by atoms with Crippen LogP contribution in [0, 0.1) is 0 Å². The van der Waals surface area contributed by atoms with Crippen molar-refractivity contribution < 1.29 is 9.90 Å². The van der Waals surface area contributed by atoms with Gasteiger partial charge in [0, 0.05) is 5.69 Å². The van der Waals surface area contributed by atoms with Gasteiger partial charge in [0.05, 0.1) is 4.90 Å². The Morgan fingerprint density at radius 2 is 1.84 bits per heavy atom. The normalized spacial score (nSPS) is 10.2. The summed E-state index contributed by atoms with van der Waals surface area (Å²) in [5.41, 5.74) is 1.91. The van der Waals surface area contributed by atoms with Gasteiger partial charge >= 0.3 is 0 Å². The van der Waals surface area contributed by atoms with Gasteiger partial charge in [-0.2, -0.15) is 0 Å². The molecule has 0 heterocycles. The highest BCUT2D eigenvalue weighted by molar-refractivity contribution is 8.14. The summed E-state index contributed by atoms with van der Waals surface area (Å²) in [7, 11) is 0. The van der Waals surface area contributed by atoms with Crippen molar-refractivity contribution in [3.63, 3.8) is 0 Å². The fourth-order valence-corrected chi connectivity index (χ4v) is 2.41. The van der Waals surface area contributed by atoms with E-state index in [1.807, 2.05) is 31.2 Å². The van der Waals surface area contributed by atoms with Crippen LogP contribution in [0.1, 0.15) is 12.5 Å². The molecule has 0 unspecified atom stereocenters. The molecule has 0 saturated heterocycles. The number of carbonyl (C=O) groups excluding carboxylic acids is 1. The number of benzene rings is 2. The molecule has 19 heavy (non-hydrogen) atoms. The van der Waals surface area contributed by atoms with E-state index in [-0.39, 0.29) is 11.0 Å². The quantitative estimate of drug-likeness (QED) is 0.821. The molecule has 0 radical (unpaired) electrons. The second-order valence-corrected chi connectivity index (χ2v) is 5.01. The van der Waals surface area contributed by atoms with Crippen molar-refractivity contribution in [1.82, 2.24) is 0 Å². The van der Waals surface area contributed by atoms with Crippen LogP contribution >= 0.6 is 11.8 Å². The van der Waals surface area contributed by atoms with Crippen LogP contribution in [0.2, 0.25) is 0 Å². The first-order chi connectivity index (χ1) is 9.20. The lowest BCUT2D eigenvalue weighted by atomic mass is 10.1. The fourth-order valence-electron chi connectivity index (χ4n) is 1.73. The molecule has 0 aliphatic rings. The van der Waals surface area contributed by atoms with Crippen LogP contribution in [0.15, 0.2) is 53.4 Å². The maximum absolute atomic E-state index is 11.9. The van der Waals surface area contributed by atoms with Crippen molar-refractivity contribution in [2.24, 2.45) is 0 Å². The maximum Gasteiger partial charge on any atom is 0.288 e. The standard InChI is InChI=1S/C15H15NO2S/c1-2-11-7-3-4-8-12(11)16-15(18)19-14-10-6-5-9-13(14)17/h3-10,17H,2H2,1H3,(H,16,18). The zero-order valence-electron chi connectivity index (χ0n) is 10.6. The Kier molecular flexibility index (Phi) is 4.47. The van der Waals surface area contributed by atoms with Crippen LogP contribution < -0.4 is 5.32 Å². The van der Waals surface area contributed by atoms with Crippen LogP contribution in [0.25, 0.3) is 0 Å². The van der Waals surface area contributed by atoms with Crippen molar-refractivity contribution in [3.8, 4) is 5.75 Å². The Morgan fingerprint density at radius 1 is 1.16 bits per heavy atom. The molecule has 98 valence electrons. The number of hydrogen-bond acceptors (Lipinski definition) is 3. The monoisotopic (exact) mass is 273 g/mol. The number of amides is 1. The van der Waals surface area contributed by atoms with Gasteiger partial charge in [-0.15, -0.1) is 0 Å². The van der Waals surface area contributed by atoms with Gasteiger partial charge in [-0.3, -0.25) is 4.79 Å². The Hall–Kier alpha value is -1.94. The van der Waals surface area contributed by atoms with Crippen molar-refractivity contribution in [2.45, 2.75) is 18.2 Å². The van der Waals surface area contributed by atoms with Gasteiger partial charge in [-0.1, -0.05) is 37.3 Å². The first-order valence-corrected chi connectivity index (χ1v) is 6.87. The molecule has 4 heteroatoms. The molecule has 2 aromatic rings. The van der Waals surface area contributed by atoms with Gasteiger partial charge in [0.15, 0.2) is 0 Å². The van der Waals surface area contributed by atoms with E-state index >= 15 is 0 Å².